The minimum atomic E-state index is -0.631. The zero-order valence-electron chi connectivity index (χ0n) is 34.9. The molecule has 0 bridgehead atoms. The lowest BCUT2D eigenvalue weighted by Gasteiger charge is -2.28. The predicted molar refractivity (Wildman–Crippen MR) is 218 cm³/mol. The number of hydrogen-bond acceptors (Lipinski definition) is 9. The third kappa shape index (κ3) is 7.49. The Balaban J connectivity index is 1.03. The van der Waals surface area contributed by atoms with Gasteiger partial charge in [-0.3, -0.25) is 9.69 Å². The molecular formula is C45H56N6O7. The van der Waals surface area contributed by atoms with Gasteiger partial charge in [0.15, 0.2) is 5.78 Å². The normalized spacial score (nSPS) is 22.7. The summed E-state index contributed by atoms with van der Waals surface area (Å²) in [6, 6.07) is 9.97. The van der Waals surface area contributed by atoms with Gasteiger partial charge in [-0.25, -0.2) is 19.6 Å². The first kappa shape index (κ1) is 39.6. The van der Waals surface area contributed by atoms with Crippen LogP contribution >= 0.6 is 0 Å². The van der Waals surface area contributed by atoms with Crippen LogP contribution in [0.4, 0.5) is 9.59 Å². The zero-order chi connectivity index (χ0) is 41.0. The Hall–Kier alpha value is -5.17. The van der Waals surface area contributed by atoms with E-state index in [9.17, 15) is 14.4 Å². The SMILES string of the molecule is COC[C@H]1C[C@@H](c2ncc(-c3ccc4c(c3)COc3cc5c(cc3-4)CCc3nc([C@@H]4CC[C@H](C)C4C(=O)[C@@H](NC(=O)OC)C(C)C)[nH]c3-5)[nH]2)N(C(=O)OC(C)(C)C)C1. The molecule has 308 valence electrons. The summed E-state index contributed by atoms with van der Waals surface area (Å²) in [6.07, 6.45) is 5.04. The number of nitrogens with one attached hydrogen (secondary N) is 3. The summed E-state index contributed by atoms with van der Waals surface area (Å²) in [5.41, 5.74) is 8.89. The van der Waals surface area contributed by atoms with Crippen molar-refractivity contribution in [3.63, 3.8) is 0 Å². The average Bonchev–Trinajstić information content (AvgIpc) is 4.00. The van der Waals surface area contributed by atoms with Crippen molar-refractivity contribution in [1.82, 2.24) is 30.2 Å². The van der Waals surface area contributed by atoms with Gasteiger partial charge in [0.25, 0.3) is 0 Å². The van der Waals surface area contributed by atoms with Crippen molar-refractivity contribution in [3.8, 4) is 39.4 Å². The molecule has 4 aromatic rings. The van der Waals surface area contributed by atoms with E-state index in [2.05, 4.69) is 52.5 Å². The van der Waals surface area contributed by atoms with Crippen LogP contribution in [0, 0.1) is 23.7 Å². The van der Waals surface area contributed by atoms with Crippen molar-refractivity contribution < 1.29 is 33.3 Å². The fourth-order valence-corrected chi connectivity index (χ4v) is 9.61. The number of hydrogen-bond donors (Lipinski definition) is 3. The highest BCUT2D eigenvalue weighted by Gasteiger charge is 2.45. The molecule has 0 radical (unpaired) electrons. The standard InChI is InChI=1S/C45H56N6O7/c1-23(2)38(50-43(53)56-8)40(52)37-24(3)9-12-30(37)41-47-33-14-11-26-17-32-29-13-10-27(16-28(29)22-57-36(32)18-31(26)39(33)49-41)34-19-46-42(48-34)35-15-25(21-55-7)20-51(35)44(54)58-45(4,5)6/h10,13,16-19,23-25,30,35,37-38H,9,11-12,14-15,20-22H2,1-8H3,(H,46,48)(H,47,49)(H,50,53)/t24-,25-,30+,35-,37?,38-/m0/s1. The Labute approximate surface area is 340 Å². The number of nitrogens with zero attached hydrogens (tertiary/aromatic N) is 3. The van der Waals surface area contributed by atoms with Gasteiger partial charge in [-0.05, 0) is 105 Å². The summed E-state index contributed by atoms with van der Waals surface area (Å²) >= 11 is 0. The van der Waals surface area contributed by atoms with Crippen molar-refractivity contribution in [2.75, 3.05) is 27.4 Å². The largest absolute Gasteiger partial charge is 0.488 e. The molecule has 1 saturated heterocycles. The topological polar surface area (TPSA) is 161 Å². The third-order valence-electron chi connectivity index (χ3n) is 12.4. The molecule has 2 amide bonds. The van der Waals surface area contributed by atoms with Gasteiger partial charge in [-0.15, -0.1) is 0 Å². The Kier molecular flexibility index (Phi) is 10.6. The number of Topliss-reactive ketones (excluding diaryl/α,β-unsaturated/α-hetero) is 1. The van der Waals surface area contributed by atoms with Crippen LogP contribution in [0.2, 0.25) is 0 Å². The molecular weight excluding hydrogens is 737 g/mol. The highest BCUT2D eigenvalue weighted by atomic mass is 16.6. The Morgan fingerprint density at radius 1 is 1.00 bits per heavy atom. The van der Waals surface area contributed by atoms with E-state index in [1.54, 1.807) is 12.0 Å². The summed E-state index contributed by atoms with van der Waals surface area (Å²) in [5.74, 6) is 2.40. The zero-order valence-corrected chi connectivity index (χ0v) is 34.9. The lowest BCUT2D eigenvalue weighted by atomic mass is 9.80. The monoisotopic (exact) mass is 792 g/mol. The third-order valence-corrected chi connectivity index (χ3v) is 12.4. The van der Waals surface area contributed by atoms with Crippen LogP contribution in [0.5, 0.6) is 5.75 Å². The summed E-state index contributed by atoms with van der Waals surface area (Å²) in [6.45, 7) is 13.2. The maximum atomic E-state index is 14.0. The summed E-state index contributed by atoms with van der Waals surface area (Å²) < 4.78 is 22.5. The molecule has 13 nitrogen and oxygen atoms in total. The fraction of sp³-hybridized carbons (Fsp3) is 0.533. The van der Waals surface area contributed by atoms with Crippen LogP contribution in [0.25, 0.3) is 33.6 Å². The van der Waals surface area contributed by atoms with Gasteiger partial charge in [0.2, 0.25) is 0 Å². The van der Waals surface area contributed by atoms with Gasteiger partial charge in [0, 0.05) is 42.5 Å². The first-order valence-electron chi connectivity index (χ1n) is 20.7. The van der Waals surface area contributed by atoms with E-state index in [1.165, 1.54) is 12.7 Å². The van der Waals surface area contributed by atoms with E-state index in [0.29, 0.717) is 19.8 Å². The van der Waals surface area contributed by atoms with Gasteiger partial charge >= 0.3 is 12.2 Å². The number of rotatable bonds is 9. The van der Waals surface area contributed by atoms with Crippen LogP contribution in [0.3, 0.4) is 0 Å². The number of likely N-dealkylation sites (tertiary alicyclic amines) is 1. The van der Waals surface area contributed by atoms with Gasteiger partial charge in [0.1, 0.15) is 29.6 Å². The van der Waals surface area contributed by atoms with Crippen molar-refractivity contribution in [2.24, 2.45) is 23.7 Å². The van der Waals surface area contributed by atoms with E-state index in [1.807, 2.05) is 40.8 Å². The summed E-state index contributed by atoms with van der Waals surface area (Å²) in [7, 11) is 3.00. The van der Waals surface area contributed by atoms with Crippen LogP contribution in [0.15, 0.2) is 36.5 Å². The molecule has 2 aliphatic heterocycles. The second kappa shape index (κ2) is 15.5. The predicted octanol–water partition coefficient (Wildman–Crippen LogP) is 8.15. The highest BCUT2D eigenvalue weighted by Crippen LogP contribution is 2.48. The van der Waals surface area contributed by atoms with Crippen LogP contribution in [-0.4, -0.2) is 81.8 Å². The van der Waals surface area contributed by atoms with E-state index >= 15 is 0 Å². The second-order valence-corrected chi connectivity index (χ2v) is 17.9. The quantitative estimate of drug-likeness (QED) is 0.152. The number of aromatic nitrogens is 4. The molecule has 2 aromatic heterocycles. The van der Waals surface area contributed by atoms with E-state index in [4.69, 9.17) is 28.9 Å². The maximum Gasteiger partial charge on any atom is 0.410 e. The molecule has 4 heterocycles. The number of ether oxygens (including phenoxy) is 4. The lowest BCUT2D eigenvalue weighted by molar-refractivity contribution is -0.127. The molecule has 8 rings (SSSR count). The van der Waals surface area contributed by atoms with Crippen LogP contribution in [0.1, 0.15) is 101 Å². The Bertz CT molecular complexity index is 2220. The molecule has 13 heteroatoms. The molecule has 4 aliphatic rings. The van der Waals surface area contributed by atoms with Gasteiger partial charge in [0.05, 0.1) is 49.1 Å². The fourth-order valence-electron chi connectivity index (χ4n) is 9.61. The van der Waals surface area contributed by atoms with Gasteiger partial charge in [-0.1, -0.05) is 32.9 Å². The number of carbonyl (C=O) groups excluding carboxylic acids is 3. The number of amides is 2. The number of ketones is 1. The molecule has 3 N–H and O–H groups in total. The second-order valence-electron chi connectivity index (χ2n) is 17.9. The number of imidazole rings is 2. The molecule has 2 aliphatic carbocycles. The van der Waals surface area contributed by atoms with Crippen molar-refractivity contribution >= 4 is 18.0 Å². The number of aromatic amines is 2. The lowest BCUT2D eigenvalue weighted by Crippen LogP contribution is -2.48. The maximum absolute atomic E-state index is 14.0. The first-order chi connectivity index (χ1) is 27.7. The number of alkyl carbamates (subject to hydrolysis) is 1. The molecule has 1 saturated carbocycles. The smallest absolute Gasteiger partial charge is 0.410 e. The number of aryl methyl sites for hydroxylation is 2. The summed E-state index contributed by atoms with van der Waals surface area (Å²) in [5, 5.41) is 2.79. The molecule has 2 fully saturated rings. The number of methoxy groups -OCH3 is 2. The van der Waals surface area contributed by atoms with E-state index < -0.39 is 17.7 Å². The molecule has 58 heavy (non-hydrogen) atoms. The van der Waals surface area contributed by atoms with E-state index in [-0.39, 0.29) is 47.5 Å². The average molecular weight is 793 g/mol. The van der Waals surface area contributed by atoms with Crippen LogP contribution < -0.4 is 10.1 Å². The molecule has 2 aromatic carbocycles. The number of H-pyrrole nitrogens is 2. The number of fused-ring (bicyclic) bond motifs is 6. The molecule has 6 atom stereocenters. The Morgan fingerprint density at radius 3 is 2.55 bits per heavy atom. The number of carbonyl (C=O) groups is 3. The number of benzene rings is 2. The Morgan fingerprint density at radius 2 is 1.81 bits per heavy atom. The minimum absolute atomic E-state index is 0.0391. The van der Waals surface area contributed by atoms with Gasteiger partial charge < -0.3 is 34.2 Å². The summed E-state index contributed by atoms with van der Waals surface area (Å²) in [4.78, 5) is 58.3. The van der Waals surface area contributed by atoms with E-state index in [0.717, 1.165) is 94.4 Å². The molecule has 0 spiro atoms. The highest BCUT2D eigenvalue weighted by molar-refractivity contribution is 5.91. The van der Waals surface area contributed by atoms with Crippen LogP contribution in [-0.2, 0) is 38.5 Å². The first-order valence-corrected chi connectivity index (χ1v) is 20.7. The minimum Gasteiger partial charge on any atom is -0.488 e. The van der Waals surface area contributed by atoms with Gasteiger partial charge in [-0.2, -0.15) is 0 Å². The molecule has 1 unspecified atom stereocenters. The van der Waals surface area contributed by atoms with Crippen molar-refractivity contribution in [1.29, 1.82) is 0 Å². The van der Waals surface area contributed by atoms with Crippen molar-refractivity contribution in [2.45, 2.75) is 104 Å². The van der Waals surface area contributed by atoms with Crippen molar-refractivity contribution in [3.05, 3.63) is 65.0 Å².